The van der Waals surface area contributed by atoms with Crippen molar-refractivity contribution in [2.75, 3.05) is 13.2 Å². The molecule has 2 aromatic rings. The summed E-state index contributed by atoms with van der Waals surface area (Å²) < 4.78 is 0. The molecule has 1 heterocycles. The maximum atomic E-state index is 13.0. The van der Waals surface area contributed by atoms with Crippen molar-refractivity contribution in [3.63, 3.8) is 0 Å². The third-order valence-corrected chi connectivity index (χ3v) is 5.59. The van der Waals surface area contributed by atoms with Crippen molar-refractivity contribution in [1.29, 1.82) is 0 Å². The Bertz CT molecular complexity index is 682. The third-order valence-electron chi connectivity index (χ3n) is 5.59. The van der Waals surface area contributed by atoms with Crippen LogP contribution >= 0.6 is 0 Å². The molecule has 4 nitrogen and oxygen atoms in total. The number of carbonyl (C=O) groups excluding carboxylic acids is 1. The van der Waals surface area contributed by atoms with E-state index in [4.69, 9.17) is 0 Å². The van der Waals surface area contributed by atoms with E-state index in [1.54, 1.807) is 12.4 Å². The van der Waals surface area contributed by atoms with Gasteiger partial charge in [0.25, 0.3) is 0 Å². The number of aromatic nitrogens is 1. The van der Waals surface area contributed by atoms with Crippen LogP contribution in [0.5, 0.6) is 0 Å². The van der Waals surface area contributed by atoms with Crippen LogP contribution in [0.3, 0.4) is 0 Å². The fraction of sp³-hybridized carbons (Fsp3) is 0.455. The largest absolute Gasteiger partial charge is 0.396 e. The molecule has 0 bridgehead atoms. The highest BCUT2D eigenvalue weighted by atomic mass is 16.3. The first kappa shape index (κ1) is 18.6. The highest BCUT2D eigenvalue weighted by Crippen LogP contribution is 2.35. The molecule has 138 valence electrons. The lowest BCUT2D eigenvalue weighted by Crippen LogP contribution is -2.43. The Balaban J connectivity index is 1.72. The van der Waals surface area contributed by atoms with Crippen molar-refractivity contribution >= 4 is 5.91 Å². The van der Waals surface area contributed by atoms with E-state index in [0.717, 1.165) is 36.8 Å². The van der Waals surface area contributed by atoms with E-state index in [-0.39, 0.29) is 23.8 Å². The van der Waals surface area contributed by atoms with E-state index in [2.05, 4.69) is 10.3 Å². The fourth-order valence-corrected chi connectivity index (χ4v) is 3.89. The van der Waals surface area contributed by atoms with Crippen molar-refractivity contribution in [3.8, 4) is 0 Å². The first-order valence-corrected chi connectivity index (χ1v) is 9.55. The fourth-order valence-electron chi connectivity index (χ4n) is 3.89. The molecule has 1 fully saturated rings. The monoisotopic (exact) mass is 352 g/mol. The predicted molar refractivity (Wildman–Crippen MR) is 103 cm³/mol. The molecule has 2 N–H and O–H groups in total. The molecule has 26 heavy (non-hydrogen) atoms. The number of carbonyl (C=O) groups is 1. The maximum absolute atomic E-state index is 13.0. The zero-order chi connectivity index (χ0) is 18.2. The number of aliphatic hydroxyl groups excluding tert-OH is 1. The van der Waals surface area contributed by atoms with Gasteiger partial charge in [-0.2, -0.15) is 0 Å². The Morgan fingerprint density at radius 2 is 1.77 bits per heavy atom. The Kier molecular flexibility index (Phi) is 6.40. The molecule has 0 saturated heterocycles. The molecule has 1 aromatic carbocycles. The molecule has 1 atom stereocenters. The molecule has 3 rings (SSSR count). The molecule has 1 saturated carbocycles. The summed E-state index contributed by atoms with van der Waals surface area (Å²) in [6, 6.07) is 13.8. The number of rotatable bonds is 7. The van der Waals surface area contributed by atoms with Gasteiger partial charge in [0.15, 0.2) is 0 Å². The predicted octanol–water partition coefficient (Wildman–Crippen LogP) is 3.47. The molecule has 1 aromatic heterocycles. The molecule has 1 aliphatic carbocycles. The van der Waals surface area contributed by atoms with Crippen molar-refractivity contribution in [1.82, 2.24) is 10.3 Å². The van der Waals surface area contributed by atoms with Crippen LogP contribution in [0, 0.1) is 5.41 Å². The number of nitrogens with zero attached hydrogens (tertiary/aromatic N) is 1. The van der Waals surface area contributed by atoms with Crippen LogP contribution in [0.1, 0.15) is 49.1 Å². The van der Waals surface area contributed by atoms with Gasteiger partial charge in [-0.1, -0.05) is 49.6 Å². The summed E-state index contributed by atoms with van der Waals surface area (Å²) in [5.74, 6) is -0.204. The Morgan fingerprint density at radius 3 is 2.42 bits per heavy atom. The summed E-state index contributed by atoms with van der Waals surface area (Å²) in [5, 5.41) is 13.0. The molecular formula is C22H28N2O2. The number of hydrogen-bond donors (Lipinski definition) is 2. The highest BCUT2D eigenvalue weighted by molar-refractivity contribution is 5.84. The van der Waals surface area contributed by atoms with Crippen LogP contribution < -0.4 is 5.32 Å². The van der Waals surface area contributed by atoms with Gasteiger partial charge >= 0.3 is 0 Å². The second-order valence-corrected chi connectivity index (χ2v) is 7.46. The van der Waals surface area contributed by atoms with Gasteiger partial charge in [-0.3, -0.25) is 9.78 Å². The van der Waals surface area contributed by atoms with Crippen LogP contribution in [-0.2, 0) is 11.2 Å². The van der Waals surface area contributed by atoms with Crippen molar-refractivity contribution in [2.45, 2.75) is 44.4 Å². The minimum atomic E-state index is -0.238. The van der Waals surface area contributed by atoms with E-state index in [9.17, 15) is 9.90 Å². The number of nitrogens with one attached hydrogen (secondary N) is 1. The molecule has 1 aliphatic rings. The summed E-state index contributed by atoms with van der Waals surface area (Å²) in [4.78, 5) is 17.1. The van der Waals surface area contributed by atoms with Gasteiger partial charge in [0.1, 0.15) is 0 Å². The summed E-state index contributed by atoms with van der Waals surface area (Å²) in [5.41, 5.74) is 1.97. The van der Waals surface area contributed by atoms with Crippen LogP contribution in [-0.4, -0.2) is 29.1 Å². The summed E-state index contributed by atoms with van der Waals surface area (Å²) >= 11 is 0. The number of pyridine rings is 1. The van der Waals surface area contributed by atoms with E-state index in [1.807, 2.05) is 42.5 Å². The van der Waals surface area contributed by atoms with E-state index in [0.29, 0.717) is 13.0 Å². The Morgan fingerprint density at radius 1 is 1.08 bits per heavy atom. The second kappa shape index (κ2) is 8.95. The molecule has 1 unspecified atom stereocenters. The highest BCUT2D eigenvalue weighted by Gasteiger charge is 2.32. The number of benzene rings is 1. The first-order chi connectivity index (χ1) is 12.7. The number of aliphatic hydroxyl groups is 1. The van der Waals surface area contributed by atoms with Crippen LogP contribution in [0.2, 0.25) is 0 Å². The van der Waals surface area contributed by atoms with Gasteiger partial charge in [-0.05, 0) is 42.5 Å². The molecule has 1 amide bonds. The zero-order valence-electron chi connectivity index (χ0n) is 15.2. The minimum absolute atomic E-state index is 0.0337. The Labute approximate surface area is 155 Å². The van der Waals surface area contributed by atoms with Crippen LogP contribution in [0.15, 0.2) is 54.9 Å². The molecule has 4 heteroatoms. The van der Waals surface area contributed by atoms with Crippen molar-refractivity contribution in [3.05, 3.63) is 66.0 Å². The third kappa shape index (κ3) is 4.70. The minimum Gasteiger partial charge on any atom is -0.396 e. The second-order valence-electron chi connectivity index (χ2n) is 7.46. The van der Waals surface area contributed by atoms with E-state index >= 15 is 0 Å². The van der Waals surface area contributed by atoms with Gasteiger partial charge in [0, 0.05) is 24.4 Å². The smallest absolute Gasteiger partial charge is 0.227 e. The lowest BCUT2D eigenvalue weighted by atomic mass is 9.74. The molecule has 0 spiro atoms. The normalized spacial score (nSPS) is 17.4. The molecule has 0 radical (unpaired) electrons. The molecular weight excluding hydrogens is 324 g/mol. The number of amides is 1. The summed E-state index contributed by atoms with van der Waals surface area (Å²) in [6.45, 7) is 0.704. The lowest BCUT2D eigenvalue weighted by molar-refractivity contribution is -0.123. The average Bonchev–Trinajstić information content (AvgIpc) is 2.72. The van der Waals surface area contributed by atoms with Gasteiger partial charge in [-0.25, -0.2) is 0 Å². The summed E-state index contributed by atoms with van der Waals surface area (Å²) in [7, 11) is 0. The van der Waals surface area contributed by atoms with Gasteiger partial charge in [0.05, 0.1) is 12.5 Å². The van der Waals surface area contributed by atoms with Crippen LogP contribution in [0.4, 0.5) is 0 Å². The Hall–Kier alpha value is -2.20. The molecule has 0 aliphatic heterocycles. The standard InChI is InChI=1S/C22H28N2O2/c25-17-22(11-5-2-6-12-22)16-24-21(26)20(19-7-3-1-4-8-19)15-18-9-13-23-14-10-18/h1,3-4,7-10,13-14,20,25H,2,5-6,11-12,15-17H2,(H,24,26). The number of hydrogen-bond acceptors (Lipinski definition) is 3. The van der Waals surface area contributed by atoms with Gasteiger partial charge < -0.3 is 10.4 Å². The van der Waals surface area contributed by atoms with Crippen LogP contribution in [0.25, 0.3) is 0 Å². The summed E-state index contributed by atoms with van der Waals surface area (Å²) in [6.07, 6.45) is 9.64. The van der Waals surface area contributed by atoms with Gasteiger partial charge in [0.2, 0.25) is 5.91 Å². The van der Waals surface area contributed by atoms with Gasteiger partial charge in [-0.15, -0.1) is 0 Å². The first-order valence-electron chi connectivity index (χ1n) is 9.55. The lowest BCUT2D eigenvalue weighted by Gasteiger charge is -2.36. The van der Waals surface area contributed by atoms with E-state index < -0.39 is 0 Å². The topological polar surface area (TPSA) is 62.2 Å². The van der Waals surface area contributed by atoms with Crippen molar-refractivity contribution in [2.24, 2.45) is 5.41 Å². The maximum Gasteiger partial charge on any atom is 0.227 e. The quantitative estimate of drug-likeness (QED) is 0.802. The average molecular weight is 352 g/mol. The SMILES string of the molecule is O=C(NCC1(CO)CCCCC1)C(Cc1ccncc1)c1ccccc1. The van der Waals surface area contributed by atoms with E-state index in [1.165, 1.54) is 6.42 Å². The zero-order valence-corrected chi connectivity index (χ0v) is 15.2. The van der Waals surface area contributed by atoms with Crippen molar-refractivity contribution < 1.29 is 9.90 Å².